The fourth-order valence-corrected chi connectivity index (χ4v) is 5.71. The molecule has 0 bridgehead atoms. The maximum absolute atomic E-state index is 13.7. The van der Waals surface area contributed by atoms with Crippen molar-refractivity contribution in [2.75, 3.05) is 37.6 Å². The van der Waals surface area contributed by atoms with Gasteiger partial charge in [0, 0.05) is 80.6 Å². The van der Waals surface area contributed by atoms with Gasteiger partial charge in [-0.1, -0.05) is 36.4 Å². The van der Waals surface area contributed by atoms with Crippen LogP contribution in [0.1, 0.15) is 39.2 Å². The van der Waals surface area contributed by atoms with Gasteiger partial charge in [0.2, 0.25) is 0 Å². The SMILES string of the molecule is CCn1nc(C(=O)N2CCN(c3ccccc3)CC2)c2c1CCN(C(=O)c1cc3ccccc3n1C)C2. The average Bonchev–Trinajstić information content (AvgIpc) is 3.50. The third-order valence-corrected chi connectivity index (χ3v) is 7.78. The normalized spacial score (nSPS) is 15.8. The van der Waals surface area contributed by atoms with Crippen LogP contribution in [0, 0.1) is 0 Å². The number of carbonyl (C=O) groups is 2. The molecule has 2 aromatic heterocycles. The molecule has 190 valence electrons. The number of benzene rings is 2. The topological polar surface area (TPSA) is 66.6 Å². The van der Waals surface area contributed by atoms with E-state index in [0.29, 0.717) is 50.5 Å². The van der Waals surface area contributed by atoms with E-state index in [-0.39, 0.29) is 11.8 Å². The summed E-state index contributed by atoms with van der Waals surface area (Å²) in [7, 11) is 1.93. The van der Waals surface area contributed by atoms with E-state index in [1.54, 1.807) is 0 Å². The second kappa shape index (κ2) is 9.42. The zero-order chi connectivity index (χ0) is 25.5. The first-order chi connectivity index (χ1) is 18.0. The van der Waals surface area contributed by atoms with E-state index in [9.17, 15) is 9.59 Å². The van der Waals surface area contributed by atoms with Crippen molar-refractivity contribution in [3.05, 3.63) is 83.3 Å². The van der Waals surface area contributed by atoms with Crippen LogP contribution in [0.5, 0.6) is 0 Å². The number of anilines is 1. The summed E-state index contributed by atoms with van der Waals surface area (Å²) in [6.45, 7) is 6.65. The smallest absolute Gasteiger partial charge is 0.274 e. The average molecular weight is 497 g/mol. The summed E-state index contributed by atoms with van der Waals surface area (Å²) in [5.41, 5.74) is 5.36. The first-order valence-corrected chi connectivity index (χ1v) is 13.1. The third kappa shape index (κ3) is 4.06. The lowest BCUT2D eigenvalue weighted by Gasteiger charge is -2.36. The number of aromatic nitrogens is 3. The second-order valence-electron chi connectivity index (χ2n) is 9.83. The molecule has 37 heavy (non-hydrogen) atoms. The molecule has 2 aliphatic heterocycles. The number of para-hydroxylation sites is 2. The molecule has 0 saturated carbocycles. The number of carbonyl (C=O) groups excluding carboxylic acids is 2. The van der Waals surface area contributed by atoms with E-state index >= 15 is 0 Å². The Hall–Kier alpha value is -4.07. The largest absolute Gasteiger partial charge is 0.368 e. The quantitative estimate of drug-likeness (QED) is 0.433. The molecule has 0 aliphatic carbocycles. The molecule has 1 fully saturated rings. The van der Waals surface area contributed by atoms with Crippen molar-refractivity contribution in [2.45, 2.75) is 26.4 Å². The molecule has 2 amide bonds. The first kappa shape index (κ1) is 23.3. The van der Waals surface area contributed by atoms with Crippen LogP contribution in [-0.4, -0.2) is 68.7 Å². The second-order valence-corrected chi connectivity index (χ2v) is 9.83. The molecule has 2 aromatic carbocycles. The van der Waals surface area contributed by atoms with Crippen LogP contribution >= 0.6 is 0 Å². The van der Waals surface area contributed by atoms with Gasteiger partial charge in [-0.15, -0.1) is 0 Å². The van der Waals surface area contributed by atoms with Gasteiger partial charge in [-0.25, -0.2) is 0 Å². The van der Waals surface area contributed by atoms with Gasteiger partial charge in [0.1, 0.15) is 5.69 Å². The molecule has 2 aliphatic rings. The molecule has 0 unspecified atom stereocenters. The van der Waals surface area contributed by atoms with Crippen molar-refractivity contribution < 1.29 is 9.59 Å². The van der Waals surface area contributed by atoms with Gasteiger partial charge in [-0.2, -0.15) is 5.10 Å². The minimum absolute atomic E-state index is 0.0107. The highest BCUT2D eigenvalue weighted by molar-refractivity contribution is 5.99. The Morgan fingerprint density at radius 2 is 1.59 bits per heavy atom. The van der Waals surface area contributed by atoms with Crippen LogP contribution in [0.3, 0.4) is 0 Å². The molecule has 4 heterocycles. The molecule has 0 atom stereocenters. The lowest BCUT2D eigenvalue weighted by Crippen LogP contribution is -2.49. The lowest BCUT2D eigenvalue weighted by atomic mass is 10.0. The molecule has 4 aromatic rings. The van der Waals surface area contributed by atoms with Gasteiger partial charge < -0.3 is 19.3 Å². The van der Waals surface area contributed by atoms with Crippen LogP contribution in [0.2, 0.25) is 0 Å². The van der Waals surface area contributed by atoms with Gasteiger partial charge >= 0.3 is 0 Å². The number of aryl methyl sites for hydroxylation is 2. The fraction of sp³-hybridized carbons (Fsp3) is 0.345. The van der Waals surface area contributed by atoms with Crippen LogP contribution in [-0.2, 0) is 26.6 Å². The molecule has 8 heteroatoms. The number of nitrogens with zero attached hydrogens (tertiary/aromatic N) is 6. The molecular weight excluding hydrogens is 464 g/mol. The first-order valence-electron chi connectivity index (χ1n) is 13.1. The summed E-state index contributed by atoms with van der Waals surface area (Å²) in [5, 5.41) is 5.80. The van der Waals surface area contributed by atoms with E-state index in [1.165, 1.54) is 5.69 Å². The van der Waals surface area contributed by atoms with Crippen molar-refractivity contribution in [3.8, 4) is 0 Å². The van der Waals surface area contributed by atoms with Gasteiger partial charge in [-0.05, 0) is 31.2 Å². The van der Waals surface area contributed by atoms with Crippen molar-refractivity contribution >= 4 is 28.4 Å². The minimum atomic E-state index is -0.0323. The molecule has 0 spiro atoms. The Morgan fingerprint density at radius 1 is 0.865 bits per heavy atom. The molecule has 0 radical (unpaired) electrons. The maximum Gasteiger partial charge on any atom is 0.274 e. The Bertz CT molecular complexity index is 1460. The van der Waals surface area contributed by atoms with Crippen molar-refractivity contribution in [1.82, 2.24) is 24.1 Å². The van der Waals surface area contributed by atoms with E-state index in [4.69, 9.17) is 5.10 Å². The van der Waals surface area contributed by atoms with E-state index in [0.717, 1.165) is 35.2 Å². The predicted octanol–water partition coefficient (Wildman–Crippen LogP) is 3.56. The Morgan fingerprint density at radius 3 is 2.32 bits per heavy atom. The molecule has 8 nitrogen and oxygen atoms in total. The Balaban J connectivity index is 1.23. The van der Waals surface area contributed by atoms with Crippen molar-refractivity contribution in [3.63, 3.8) is 0 Å². The van der Waals surface area contributed by atoms with Crippen LogP contribution in [0.15, 0.2) is 60.7 Å². The Kier molecular flexibility index (Phi) is 5.94. The summed E-state index contributed by atoms with van der Waals surface area (Å²) in [6, 6.07) is 20.3. The number of piperazine rings is 1. The molecule has 0 N–H and O–H groups in total. The van der Waals surface area contributed by atoms with Gasteiger partial charge in [-0.3, -0.25) is 14.3 Å². The zero-order valence-electron chi connectivity index (χ0n) is 21.4. The monoisotopic (exact) mass is 496 g/mol. The third-order valence-electron chi connectivity index (χ3n) is 7.78. The zero-order valence-corrected chi connectivity index (χ0v) is 21.4. The summed E-state index contributed by atoms with van der Waals surface area (Å²) in [4.78, 5) is 33.4. The highest BCUT2D eigenvalue weighted by Crippen LogP contribution is 2.27. The standard InChI is InChI=1S/C29H32N6O2/c1-3-35-25-13-14-34(28(36)26-19-21-9-7-8-12-24(21)31(26)2)20-23(25)27(30-35)29(37)33-17-15-32(16-18-33)22-10-5-4-6-11-22/h4-12,19H,3,13-18,20H2,1-2H3. The van der Waals surface area contributed by atoms with Crippen LogP contribution in [0.25, 0.3) is 10.9 Å². The van der Waals surface area contributed by atoms with E-state index in [2.05, 4.69) is 17.0 Å². The van der Waals surface area contributed by atoms with Crippen LogP contribution < -0.4 is 4.90 Å². The molecule has 6 rings (SSSR count). The Labute approximate surface area is 216 Å². The van der Waals surface area contributed by atoms with E-state index in [1.807, 2.05) is 81.6 Å². The minimum Gasteiger partial charge on any atom is -0.368 e. The summed E-state index contributed by atoms with van der Waals surface area (Å²) < 4.78 is 3.91. The maximum atomic E-state index is 13.7. The number of amides is 2. The number of fused-ring (bicyclic) bond motifs is 2. The van der Waals surface area contributed by atoms with Gasteiger partial charge in [0.15, 0.2) is 5.69 Å². The van der Waals surface area contributed by atoms with Crippen molar-refractivity contribution in [2.24, 2.45) is 7.05 Å². The number of hydrogen-bond donors (Lipinski definition) is 0. The van der Waals surface area contributed by atoms with Gasteiger partial charge in [0.05, 0.1) is 6.54 Å². The number of rotatable bonds is 4. The van der Waals surface area contributed by atoms with Gasteiger partial charge in [0.25, 0.3) is 11.8 Å². The fourth-order valence-electron chi connectivity index (χ4n) is 5.71. The highest BCUT2D eigenvalue weighted by atomic mass is 16.2. The predicted molar refractivity (Wildman–Crippen MR) is 144 cm³/mol. The highest BCUT2D eigenvalue weighted by Gasteiger charge is 2.33. The summed E-state index contributed by atoms with van der Waals surface area (Å²) in [5.74, 6) is -0.0430. The molecular formula is C29H32N6O2. The van der Waals surface area contributed by atoms with Crippen LogP contribution in [0.4, 0.5) is 5.69 Å². The van der Waals surface area contributed by atoms with E-state index < -0.39 is 0 Å². The molecule has 1 saturated heterocycles. The summed E-state index contributed by atoms with van der Waals surface area (Å²) >= 11 is 0. The lowest BCUT2D eigenvalue weighted by molar-refractivity contribution is 0.0704. The number of hydrogen-bond acceptors (Lipinski definition) is 4. The van der Waals surface area contributed by atoms with Crippen molar-refractivity contribution in [1.29, 1.82) is 0 Å². The summed E-state index contributed by atoms with van der Waals surface area (Å²) in [6.07, 6.45) is 0.695.